The topological polar surface area (TPSA) is 56.1 Å². The van der Waals surface area contributed by atoms with Crippen LogP contribution >= 0.6 is 0 Å². The molecule has 0 saturated carbocycles. The van der Waals surface area contributed by atoms with Crippen molar-refractivity contribution in [1.29, 1.82) is 0 Å². The van der Waals surface area contributed by atoms with Crippen LogP contribution in [0.3, 0.4) is 0 Å². The number of rotatable bonds is 4. The van der Waals surface area contributed by atoms with Gasteiger partial charge in [0.05, 0.1) is 18.0 Å². The Morgan fingerprint density at radius 3 is 2.75 bits per heavy atom. The molecule has 0 aliphatic carbocycles. The summed E-state index contributed by atoms with van der Waals surface area (Å²) in [7, 11) is 2.00. The summed E-state index contributed by atoms with van der Waals surface area (Å²) in [5.74, 6) is 0.940. The zero-order valence-electron chi connectivity index (χ0n) is 15.0. The normalized spacial score (nSPS) is 18.8. The minimum Gasteiger partial charge on any atom is -0.361 e. The Bertz CT molecular complexity index is 776. The summed E-state index contributed by atoms with van der Waals surface area (Å²) >= 11 is 0. The molecule has 4 heterocycles. The van der Waals surface area contributed by atoms with Gasteiger partial charge in [-0.05, 0) is 20.3 Å². The maximum Gasteiger partial charge on any atom is 0.128 e. The summed E-state index contributed by atoms with van der Waals surface area (Å²) in [6, 6.07) is 0. The van der Waals surface area contributed by atoms with Gasteiger partial charge >= 0.3 is 0 Å². The van der Waals surface area contributed by atoms with Crippen LogP contribution in [0.5, 0.6) is 0 Å². The molecule has 2 aromatic rings. The molecule has 0 radical (unpaired) electrons. The molecule has 1 spiro atoms. The fourth-order valence-electron chi connectivity index (χ4n) is 3.90. The Hall–Kier alpha value is -1.79. The SMILES string of the molecule is CCCc1ncc2c(n1)COC21CN(Cc2c(C)nn(C)c2C)C1. The first kappa shape index (κ1) is 15.7. The quantitative estimate of drug-likeness (QED) is 0.860. The van der Waals surface area contributed by atoms with Gasteiger partial charge in [0.1, 0.15) is 11.4 Å². The molecule has 1 saturated heterocycles. The van der Waals surface area contributed by atoms with Crippen LogP contribution < -0.4 is 0 Å². The Morgan fingerprint density at radius 1 is 1.29 bits per heavy atom. The van der Waals surface area contributed by atoms with Crippen molar-refractivity contribution >= 4 is 0 Å². The van der Waals surface area contributed by atoms with Crippen molar-refractivity contribution in [1.82, 2.24) is 24.6 Å². The van der Waals surface area contributed by atoms with E-state index in [-0.39, 0.29) is 5.60 Å². The van der Waals surface area contributed by atoms with Crippen LogP contribution in [0.4, 0.5) is 0 Å². The number of nitrogens with zero attached hydrogens (tertiary/aromatic N) is 5. The highest BCUT2D eigenvalue weighted by molar-refractivity contribution is 5.33. The number of hydrogen-bond donors (Lipinski definition) is 0. The highest BCUT2D eigenvalue weighted by Gasteiger charge is 2.50. The number of aryl methyl sites for hydroxylation is 3. The van der Waals surface area contributed by atoms with Gasteiger partial charge in [0, 0.05) is 56.1 Å². The Balaban J connectivity index is 1.48. The summed E-state index contributed by atoms with van der Waals surface area (Å²) in [5, 5.41) is 4.51. The largest absolute Gasteiger partial charge is 0.361 e. The van der Waals surface area contributed by atoms with Gasteiger partial charge < -0.3 is 4.74 Å². The lowest BCUT2D eigenvalue weighted by molar-refractivity contribution is -0.145. The fourth-order valence-corrected chi connectivity index (χ4v) is 3.90. The first-order valence-corrected chi connectivity index (χ1v) is 8.73. The molecule has 2 aliphatic heterocycles. The number of hydrogen-bond acceptors (Lipinski definition) is 5. The third-order valence-corrected chi connectivity index (χ3v) is 5.37. The van der Waals surface area contributed by atoms with Crippen molar-refractivity contribution in [3.63, 3.8) is 0 Å². The van der Waals surface area contributed by atoms with Gasteiger partial charge in [0.2, 0.25) is 0 Å². The summed E-state index contributed by atoms with van der Waals surface area (Å²) in [5.41, 5.74) is 5.79. The molecule has 0 atom stereocenters. The zero-order chi connectivity index (χ0) is 16.9. The molecular weight excluding hydrogens is 302 g/mol. The van der Waals surface area contributed by atoms with E-state index in [4.69, 9.17) is 9.72 Å². The van der Waals surface area contributed by atoms with Crippen molar-refractivity contribution in [3.8, 4) is 0 Å². The lowest BCUT2D eigenvalue weighted by atomic mass is 9.87. The van der Waals surface area contributed by atoms with Gasteiger partial charge in [-0.2, -0.15) is 5.10 Å². The average Bonchev–Trinajstić information content (AvgIpc) is 3.00. The van der Waals surface area contributed by atoms with E-state index in [1.54, 1.807) is 0 Å². The first-order chi connectivity index (χ1) is 11.5. The van der Waals surface area contributed by atoms with Crippen LogP contribution in [0.25, 0.3) is 0 Å². The predicted octanol–water partition coefficient (Wildman–Crippen LogP) is 2.02. The summed E-state index contributed by atoms with van der Waals surface area (Å²) < 4.78 is 8.11. The molecule has 2 aliphatic rings. The smallest absolute Gasteiger partial charge is 0.128 e. The maximum atomic E-state index is 6.15. The predicted molar refractivity (Wildman–Crippen MR) is 90.5 cm³/mol. The third-order valence-electron chi connectivity index (χ3n) is 5.37. The Labute approximate surface area is 142 Å². The van der Waals surface area contributed by atoms with E-state index in [9.17, 15) is 0 Å². The first-order valence-electron chi connectivity index (χ1n) is 8.73. The molecule has 6 heteroatoms. The molecule has 24 heavy (non-hydrogen) atoms. The minimum absolute atomic E-state index is 0.190. The van der Waals surface area contributed by atoms with Crippen molar-refractivity contribution in [2.24, 2.45) is 7.05 Å². The molecule has 0 unspecified atom stereocenters. The molecule has 0 aromatic carbocycles. The minimum atomic E-state index is -0.190. The highest BCUT2D eigenvalue weighted by atomic mass is 16.5. The van der Waals surface area contributed by atoms with Crippen molar-refractivity contribution in [2.75, 3.05) is 13.1 Å². The Morgan fingerprint density at radius 2 is 2.08 bits per heavy atom. The second kappa shape index (κ2) is 5.63. The molecule has 0 N–H and O–H groups in total. The van der Waals surface area contributed by atoms with E-state index in [1.807, 2.05) is 17.9 Å². The summed E-state index contributed by atoms with van der Waals surface area (Å²) in [4.78, 5) is 11.7. The molecule has 1 fully saturated rings. The summed E-state index contributed by atoms with van der Waals surface area (Å²) in [6.45, 7) is 9.74. The van der Waals surface area contributed by atoms with Crippen LogP contribution in [0.1, 0.15) is 47.4 Å². The maximum absolute atomic E-state index is 6.15. The van der Waals surface area contributed by atoms with Crippen LogP contribution in [-0.4, -0.2) is 37.7 Å². The van der Waals surface area contributed by atoms with E-state index >= 15 is 0 Å². The monoisotopic (exact) mass is 327 g/mol. The lowest BCUT2D eigenvalue weighted by Crippen LogP contribution is -2.58. The molecule has 0 bridgehead atoms. The second-order valence-corrected chi connectivity index (χ2v) is 7.10. The van der Waals surface area contributed by atoms with Crippen LogP contribution in [-0.2, 0) is 37.0 Å². The van der Waals surface area contributed by atoms with E-state index in [0.29, 0.717) is 6.61 Å². The number of likely N-dealkylation sites (tertiary alicyclic amines) is 1. The van der Waals surface area contributed by atoms with E-state index < -0.39 is 0 Å². The fraction of sp³-hybridized carbons (Fsp3) is 0.611. The van der Waals surface area contributed by atoms with Crippen LogP contribution in [0, 0.1) is 13.8 Å². The third kappa shape index (κ3) is 2.36. The zero-order valence-corrected chi connectivity index (χ0v) is 15.0. The molecule has 6 nitrogen and oxygen atoms in total. The van der Waals surface area contributed by atoms with Gasteiger partial charge in [-0.25, -0.2) is 9.97 Å². The van der Waals surface area contributed by atoms with Gasteiger partial charge in [-0.3, -0.25) is 9.58 Å². The number of ether oxygens (including phenoxy) is 1. The van der Waals surface area contributed by atoms with Gasteiger partial charge in [-0.1, -0.05) is 6.92 Å². The second-order valence-electron chi connectivity index (χ2n) is 7.10. The van der Waals surface area contributed by atoms with Gasteiger partial charge in [-0.15, -0.1) is 0 Å². The molecule has 4 rings (SSSR count). The molecule has 128 valence electrons. The number of fused-ring (bicyclic) bond motifs is 2. The summed E-state index contributed by atoms with van der Waals surface area (Å²) in [6.07, 6.45) is 4.01. The van der Waals surface area contributed by atoms with Crippen LogP contribution in [0.15, 0.2) is 6.20 Å². The van der Waals surface area contributed by atoms with E-state index in [2.05, 4.69) is 35.8 Å². The molecular formula is C18H25N5O. The van der Waals surface area contributed by atoms with Crippen LogP contribution in [0.2, 0.25) is 0 Å². The number of aromatic nitrogens is 4. The molecule has 0 amide bonds. The van der Waals surface area contributed by atoms with Crippen molar-refractivity contribution in [2.45, 2.75) is 52.4 Å². The highest BCUT2D eigenvalue weighted by Crippen LogP contribution is 2.43. The van der Waals surface area contributed by atoms with Crippen molar-refractivity contribution in [3.05, 3.63) is 40.2 Å². The molecule has 2 aromatic heterocycles. The Kier molecular flexibility index (Phi) is 3.69. The van der Waals surface area contributed by atoms with Crippen molar-refractivity contribution < 1.29 is 4.74 Å². The average molecular weight is 327 g/mol. The standard InChI is InChI=1S/C18H25N5O/c1-5-6-17-19-7-15-16(20-17)9-24-18(15)10-23(11-18)8-14-12(2)21-22(4)13(14)3/h7H,5-6,8-11H2,1-4H3. The van der Waals surface area contributed by atoms with Gasteiger partial charge in [0.25, 0.3) is 0 Å². The lowest BCUT2D eigenvalue weighted by Gasteiger charge is -2.47. The van der Waals surface area contributed by atoms with Gasteiger partial charge in [0.15, 0.2) is 0 Å². The van der Waals surface area contributed by atoms with E-state index in [0.717, 1.165) is 49.7 Å². The van der Waals surface area contributed by atoms with E-state index in [1.165, 1.54) is 16.8 Å².